The average molecular weight is 422 g/mol. The Bertz CT molecular complexity index is 1010. The predicted octanol–water partition coefficient (Wildman–Crippen LogP) is 2.81. The fourth-order valence-corrected chi connectivity index (χ4v) is 3.54. The monoisotopic (exact) mass is 421 g/mol. The fraction of sp³-hybridized carbons (Fsp3) is 0.348. The highest BCUT2D eigenvalue weighted by Crippen LogP contribution is 2.18. The Morgan fingerprint density at radius 2 is 1.84 bits per heavy atom. The van der Waals surface area contributed by atoms with Crippen LogP contribution in [0.25, 0.3) is 11.4 Å². The second kappa shape index (κ2) is 9.72. The van der Waals surface area contributed by atoms with E-state index in [1.165, 1.54) is 5.56 Å². The molecular weight excluding hydrogens is 394 g/mol. The maximum atomic E-state index is 12.4. The molecule has 0 radical (unpaired) electrons. The van der Waals surface area contributed by atoms with Crippen LogP contribution in [0.2, 0.25) is 0 Å². The van der Waals surface area contributed by atoms with Crippen molar-refractivity contribution in [2.24, 2.45) is 0 Å². The highest BCUT2D eigenvalue weighted by molar-refractivity contribution is 5.92. The molecular formula is C23H27N5O3. The lowest BCUT2D eigenvalue weighted by Crippen LogP contribution is -2.48. The first-order valence-electron chi connectivity index (χ1n) is 10.4. The lowest BCUT2D eigenvalue weighted by molar-refractivity contribution is -0.117. The van der Waals surface area contributed by atoms with Gasteiger partial charge in [-0.25, -0.2) is 0 Å². The number of benzene rings is 2. The summed E-state index contributed by atoms with van der Waals surface area (Å²) >= 11 is 0. The van der Waals surface area contributed by atoms with Crippen molar-refractivity contribution in [1.82, 2.24) is 19.9 Å². The fourth-order valence-electron chi connectivity index (χ4n) is 3.54. The summed E-state index contributed by atoms with van der Waals surface area (Å²) in [7, 11) is 1.61. The number of piperazine rings is 1. The van der Waals surface area contributed by atoms with Crippen LogP contribution in [0.15, 0.2) is 53.1 Å². The number of methoxy groups -OCH3 is 1. The van der Waals surface area contributed by atoms with Gasteiger partial charge in [0, 0.05) is 43.5 Å². The van der Waals surface area contributed by atoms with Crippen LogP contribution in [0, 0.1) is 6.92 Å². The minimum atomic E-state index is -0.0265. The number of aryl methyl sites for hydroxylation is 1. The second-order valence-electron chi connectivity index (χ2n) is 7.71. The van der Waals surface area contributed by atoms with Gasteiger partial charge < -0.3 is 14.6 Å². The molecule has 0 unspecified atom stereocenters. The molecule has 1 aliphatic rings. The Morgan fingerprint density at radius 3 is 2.58 bits per heavy atom. The maximum absolute atomic E-state index is 12.4. The van der Waals surface area contributed by atoms with Crippen molar-refractivity contribution >= 4 is 11.6 Å². The van der Waals surface area contributed by atoms with Gasteiger partial charge in [0.15, 0.2) is 0 Å². The molecule has 2 heterocycles. The Morgan fingerprint density at radius 1 is 1.10 bits per heavy atom. The first kappa shape index (κ1) is 21.0. The van der Waals surface area contributed by atoms with E-state index in [0.717, 1.165) is 43.2 Å². The van der Waals surface area contributed by atoms with Gasteiger partial charge in [-0.2, -0.15) is 4.98 Å². The number of carbonyl (C=O) groups is 1. The number of carbonyl (C=O) groups excluding carboxylic acids is 1. The molecule has 0 atom stereocenters. The summed E-state index contributed by atoms with van der Waals surface area (Å²) < 4.78 is 10.6. The van der Waals surface area contributed by atoms with Crippen molar-refractivity contribution < 1.29 is 14.1 Å². The molecule has 1 saturated heterocycles. The molecule has 4 rings (SSSR count). The highest BCUT2D eigenvalue weighted by Gasteiger charge is 2.21. The number of anilines is 1. The molecule has 0 spiro atoms. The molecule has 0 saturated carbocycles. The number of ether oxygens (including phenoxy) is 1. The Kier molecular flexibility index (Phi) is 6.59. The van der Waals surface area contributed by atoms with Crippen LogP contribution in [0.1, 0.15) is 11.5 Å². The predicted molar refractivity (Wildman–Crippen MR) is 118 cm³/mol. The van der Waals surface area contributed by atoms with Crippen molar-refractivity contribution in [3.05, 3.63) is 60.0 Å². The zero-order chi connectivity index (χ0) is 21.6. The van der Waals surface area contributed by atoms with Crippen LogP contribution in [-0.2, 0) is 11.3 Å². The SMILES string of the molecule is COc1cccc(NC(=O)CN2CCN(Cc3nc(-c4ccc(C)cc4)no3)CC2)c1. The lowest BCUT2D eigenvalue weighted by Gasteiger charge is -2.33. The summed E-state index contributed by atoms with van der Waals surface area (Å²) in [6.45, 7) is 6.33. The topological polar surface area (TPSA) is 83.7 Å². The summed E-state index contributed by atoms with van der Waals surface area (Å²) in [5.74, 6) is 1.92. The van der Waals surface area contributed by atoms with E-state index in [2.05, 4.69) is 25.3 Å². The van der Waals surface area contributed by atoms with Gasteiger partial charge >= 0.3 is 0 Å². The van der Waals surface area contributed by atoms with Gasteiger partial charge in [0.25, 0.3) is 0 Å². The summed E-state index contributed by atoms with van der Waals surface area (Å²) in [6.07, 6.45) is 0. The van der Waals surface area contributed by atoms with Crippen LogP contribution in [0.3, 0.4) is 0 Å². The molecule has 8 nitrogen and oxygen atoms in total. The van der Waals surface area contributed by atoms with Gasteiger partial charge in [0.2, 0.25) is 17.6 Å². The van der Waals surface area contributed by atoms with Gasteiger partial charge in [-0.3, -0.25) is 14.6 Å². The normalized spacial score (nSPS) is 15.0. The van der Waals surface area contributed by atoms with Crippen molar-refractivity contribution in [3.8, 4) is 17.1 Å². The van der Waals surface area contributed by atoms with Gasteiger partial charge in [-0.1, -0.05) is 41.1 Å². The molecule has 3 aromatic rings. The number of hydrogen-bond acceptors (Lipinski definition) is 7. The first-order chi connectivity index (χ1) is 15.1. The van der Waals surface area contributed by atoms with E-state index in [-0.39, 0.29) is 5.91 Å². The molecule has 2 aromatic carbocycles. The molecule has 0 bridgehead atoms. The second-order valence-corrected chi connectivity index (χ2v) is 7.71. The minimum Gasteiger partial charge on any atom is -0.497 e. The third-order valence-corrected chi connectivity index (χ3v) is 5.32. The number of nitrogens with one attached hydrogen (secondary N) is 1. The summed E-state index contributed by atoms with van der Waals surface area (Å²) in [5.41, 5.74) is 2.89. The van der Waals surface area contributed by atoms with E-state index in [1.807, 2.05) is 55.5 Å². The third-order valence-electron chi connectivity index (χ3n) is 5.32. The lowest BCUT2D eigenvalue weighted by atomic mass is 10.1. The molecule has 8 heteroatoms. The molecule has 1 aliphatic heterocycles. The highest BCUT2D eigenvalue weighted by atomic mass is 16.5. The van der Waals surface area contributed by atoms with Gasteiger partial charge in [-0.15, -0.1) is 0 Å². The van der Waals surface area contributed by atoms with Crippen LogP contribution in [0.4, 0.5) is 5.69 Å². The standard InChI is InChI=1S/C23H27N5O3/c1-17-6-8-18(9-7-17)23-25-22(31-26-23)16-28-12-10-27(11-13-28)15-21(29)24-19-4-3-5-20(14-19)30-2/h3-9,14H,10-13,15-16H2,1-2H3,(H,24,29). The number of rotatable bonds is 7. The molecule has 31 heavy (non-hydrogen) atoms. The summed E-state index contributed by atoms with van der Waals surface area (Å²) in [6, 6.07) is 15.4. The van der Waals surface area contributed by atoms with E-state index in [0.29, 0.717) is 24.8 Å². The molecule has 1 aromatic heterocycles. The third kappa shape index (κ3) is 5.68. The average Bonchev–Trinajstić information content (AvgIpc) is 3.24. The van der Waals surface area contributed by atoms with Crippen molar-refractivity contribution in [2.45, 2.75) is 13.5 Å². The van der Waals surface area contributed by atoms with Crippen molar-refractivity contribution in [3.63, 3.8) is 0 Å². The number of hydrogen-bond donors (Lipinski definition) is 1. The smallest absolute Gasteiger partial charge is 0.241 e. The number of nitrogens with zero attached hydrogens (tertiary/aromatic N) is 4. The molecule has 1 fully saturated rings. The molecule has 0 aliphatic carbocycles. The van der Waals surface area contributed by atoms with Crippen LogP contribution in [-0.4, -0.2) is 65.7 Å². The van der Waals surface area contributed by atoms with E-state index in [1.54, 1.807) is 7.11 Å². The van der Waals surface area contributed by atoms with Gasteiger partial charge in [0.1, 0.15) is 5.75 Å². The van der Waals surface area contributed by atoms with E-state index >= 15 is 0 Å². The summed E-state index contributed by atoms with van der Waals surface area (Å²) in [5, 5.41) is 7.03. The largest absolute Gasteiger partial charge is 0.497 e. The Labute approximate surface area is 181 Å². The minimum absolute atomic E-state index is 0.0265. The van der Waals surface area contributed by atoms with Crippen LogP contribution < -0.4 is 10.1 Å². The molecule has 162 valence electrons. The number of amides is 1. The maximum Gasteiger partial charge on any atom is 0.241 e. The van der Waals surface area contributed by atoms with Crippen molar-refractivity contribution in [1.29, 1.82) is 0 Å². The van der Waals surface area contributed by atoms with Crippen LogP contribution >= 0.6 is 0 Å². The first-order valence-corrected chi connectivity index (χ1v) is 10.4. The van der Waals surface area contributed by atoms with E-state index in [9.17, 15) is 4.79 Å². The van der Waals surface area contributed by atoms with E-state index < -0.39 is 0 Å². The van der Waals surface area contributed by atoms with Gasteiger partial charge in [-0.05, 0) is 19.1 Å². The quantitative estimate of drug-likeness (QED) is 0.628. The number of aromatic nitrogens is 2. The van der Waals surface area contributed by atoms with Crippen LogP contribution in [0.5, 0.6) is 5.75 Å². The molecule has 1 N–H and O–H groups in total. The van der Waals surface area contributed by atoms with Crippen molar-refractivity contribution in [2.75, 3.05) is 45.2 Å². The zero-order valence-corrected chi connectivity index (χ0v) is 17.9. The summed E-state index contributed by atoms with van der Waals surface area (Å²) in [4.78, 5) is 21.3. The molecule has 1 amide bonds. The van der Waals surface area contributed by atoms with E-state index in [4.69, 9.17) is 9.26 Å². The zero-order valence-electron chi connectivity index (χ0n) is 17.9. The van der Waals surface area contributed by atoms with Gasteiger partial charge in [0.05, 0.1) is 20.2 Å². The Balaban J connectivity index is 1.23. The Hall–Kier alpha value is -3.23.